The number of carbonyl (C=O) groups is 3. The van der Waals surface area contributed by atoms with Crippen LogP contribution in [0.15, 0.2) is 84.9 Å². The molecule has 31 heavy (non-hydrogen) atoms. The summed E-state index contributed by atoms with van der Waals surface area (Å²) in [5, 5.41) is 2.77. The molecule has 156 valence electrons. The van der Waals surface area contributed by atoms with Gasteiger partial charge in [0.05, 0.1) is 6.54 Å². The first-order valence-electron chi connectivity index (χ1n) is 10.3. The monoisotopic (exact) mass is 412 g/mol. The molecule has 5 heteroatoms. The highest BCUT2D eigenvalue weighted by Gasteiger charge is 2.47. The van der Waals surface area contributed by atoms with E-state index in [1.54, 1.807) is 19.1 Å². The molecule has 1 aliphatic heterocycles. The second kappa shape index (κ2) is 8.56. The van der Waals surface area contributed by atoms with E-state index in [0.717, 1.165) is 21.6 Å². The predicted octanol–water partition coefficient (Wildman–Crippen LogP) is 4.48. The van der Waals surface area contributed by atoms with Gasteiger partial charge < -0.3 is 5.32 Å². The van der Waals surface area contributed by atoms with Crippen LogP contribution in [0.3, 0.4) is 0 Å². The number of benzene rings is 3. The second-order valence-electron chi connectivity index (χ2n) is 8.01. The molecule has 3 aromatic carbocycles. The molecule has 5 nitrogen and oxygen atoms in total. The van der Waals surface area contributed by atoms with Crippen LogP contribution < -0.4 is 5.32 Å². The number of amides is 3. The van der Waals surface area contributed by atoms with Gasteiger partial charge in [0, 0.05) is 5.56 Å². The lowest BCUT2D eigenvalue weighted by Crippen LogP contribution is -2.44. The first-order chi connectivity index (χ1) is 15.0. The summed E-state index contributed by atoms with van der Waals surface area (Å²) in [6.45, 7) is 1.45. The van der Waals surface area contributed by atoms with Crippen LogP contribution in [0.4, 0.5) is 4.79 Å². The molecule has 1 aliphatic rings. The molecule has 3 amide bonds. The SMILES string of the molecule is C[C@@]1(CCc2ccccc2)NC(=O)N(CC(=O)c2ccc(-c3ccccc3)cc2)C1=O. The van der Waals surface area contributed by atoms with Crippen LogP contribution in [-0.2, 0) is 11.2 Å². The maximum Gasteiger partial charge on any atom is 0.325 e. The van der Waals surface area contributed by atoms with Crippen molar-refractivity contribution in [3.63, 3.8) is 0 Å². The average molecular weight is 412 g/mol. The molecule has 1 saturated heterocycles. The van der Waals surface area contributed by atoms with E-state index < -0.39 is 11.6 Å². The number of ketones is 1. The quantitative estimate of drug-likeness (QED) is 0.460. The first-order valence-corrected chi connectivity index (χ1v) is 10.3. The normalized spacial score (nSPS) is 18.2. The van der Waals surface area contributed by atoms with Gasteiger partial charge in [-0.25, -0.2) is 4.79 Å². The van der Waals surface area contributed by atoms with E-state index in [1.165, 1.54) is 0 Å². The molecule has 1 fully saturated rings. The van der Waals surface area contributed by atoms with Crippen molar-refractivity contribution in [3.8, 4) is 11.1 Å². The predicted molar refractivity (Wildman–Crippen MR) is 120 cm³/mol. The number of imide groups is 1. The Morgan fingerprint density at radius 3 is 2.06 bits per heavy atom. The molecule has 4 rings (SSSR count). The number of hydrogen-bond donors (Lipinski definition) is 1. The highest BCUT2D eigenvalue weighted by molar-refractivity contribution is 6.11. The largest absolute Gasteiger partial charge is 0.325 e. The van der Waals surface area contributed by atoms with E-state index in [0.29, 0.717) is 18.4 Å². The van der Waals surface area contributed by atoms with Crippen LogP contribution in [0, 0.1) is 0 Å². The van der Waals surface area contributed by atoms with Crippen molar-refractivity contribution in [2.24, 2.45) is 0 Å². The maximum atomic E-state index is 13.0. The lowest BCUT2D eigenvalue weighted by atomic mass is 9.93. The van der Waals surface area contributed by atoms with Crippen molar-refractivity contribution in [2.75, 3.05) is 6.54 Å². The number of rotatable bonds is 7. The summed E-state index contributed by atoms with van der Waals surface area (Å²) in [6, 6.07) is 26.4. The lowest BCUT2D eigenvalue weighted by Gasteiger charge is -2.21. The van der Waals surface area contributed by atoms with E-state index in [1.807, 2.05) is 72.8 Å². The van der Waals surface area contributed by atoms with Crippen molar-refractivity contribution >= 4 is 17.7 Å². The molecule has 0 radical (unpaired) electrons. The zero-order valence-electron chi connectivity index (χ0n) is 17.4. The minimum atomic E-state index is -1.01. The molecule has 0 aliphatic carbocycles. The zero-order chi connectivity index (χ0) is 21.8. The van der Waals surface area contributed by atoms with Gasteiger partial charge in [-0.2, -0.15) is 0 Å². The summed E-state index contributed by atoms with van der Waals surface area (Å²) >= 11 is 0. The number of aryl methyl sites for hydroxylation is 1. The Bertz CT molecular complexity index is 1090. The minimum Gasteiger partial charge on any atom is -0.323 e. The standard InChI is InChI=1S/C26H24N2O3/c1-26(17-16-19-8-4-2-5-9-19)24(30)28(25(31)27-26)18-23(29)22-14-12-21(13-15-22)20-10-6-3-7-11-20/h2-15H,16-18H2,1H3,(H,27,31)/t26-/m0/s1. The Morgan fingerprint density at radius 2 is 1.42 bits per heavy atom. The number of urea groups is 1. The third kappa shape index (κ3) is 4.40. The molecule has 1 heterocycles. The third-order valence-corrected chi connectivity index (χ3v) is 5.72. The molecule has 0 unspecified atom stereocenters. The van der Waals surface area contributed by atoms with Crippen LogP contribution in [-0.4, -0.2) is 34.7 Å². The minimum absolute atomic E-state index is 0.268. The molecule has 0 bridgehead atoms. The maximum absolute atomic E-state index is 13.0. The zero-order valence-corrected chi connectivity index (χ0v) is 17.4. The van der Waals surface area contributed by atoms with E-state index in [2.05, 4.69) is 5.32 Å². The smallest absolute Gasteiger partial charge is 0.323 e. The van der Waals surface area contributed by atoms with Gasteiger partial charge in [0.1, 0.15) is 5.54 Å². The summed E-state index contributed by atoms with van der Waals surface area (Å²) in [7, 11) is 0. The Labute approximate surface area is 181 Å². The van der Waals surface area contributed by atoms with Gasteiger partial charge >= 0.3 is 6.03 Å². The van der Waals surface area contributed by atoms with E-state index in [9.17, 15) is 14.4 Å². The number of carbonyl (C=O) groups excluding carboxylic acids is 3. The second-order valence-corrected chi connectivity index (χ2v) is 8.01. The summed E-state index contributed by atoms with van der Waals surface area (Å²) in [6.07, 6.45) is 1.13. The topological polar surface area (TPSA) is 66.5 Å². The van der Waals surface area contributed by atoms with Gasteiger partial charge in [-0.3, -0.25) is 14.5 Å². The van der Waals surface area contributed by atoms with Gasteiger partial charge in [-0.05, 0) is 36.5 Å². The summed E-state index contributed by atoms with van der Waals surface area (Å²) in [5.41, 5.74) is 2.62. The van der Waals surface area contributed by atoms with Gasteiger partial charge in [0.25, 0.3) is 5.91 Å². The molecular weight excluding hydrogens is 388 g/mol. The highest BCUT2D eigenvalue weighted by atomic mass is 16.2. The average Bonchev–Trinajstić information content (AvgIpc) is 3.02. The van der Waals surface area contributed by atoms with E-state index in [4.69, 9.17) is 0 Å². The fourth-order valence-corrected chi connectivity index (χ4v) is 3.81. The number of hydrogen-bond acceptors (Lipinski definition) is 3. The Morgan fingerprint density at radius 1 is 0.839 bits per heavy atom. The van der Waals surface area contributed by atoms with Gasteiger partial charge in [-0.15, -0.1) is 0 Å². The number of Topliss-reactive ketones (excluding diaryl/α,β-unsaturated/α-hetero) is 1. The lowest BCUT2D eigenvalue weighted by molar-refractivity contribution is -0.130. The van der Waals surface area contributed by atoms with Crippen LogP contribution in [0.25, 0.3) is 11.1 Å². The van der Waals surface area contributed by atoms with Crippen molar-refractivity contribution in [2.45, 2.75) is 25.3 Å². The van der Waals surface area contributed by atoms with Crippen molar-refractivity contribution in [1.29, 1.82) is 0 Å². The molecule has 1 atom stereocenters. The Kier molecular flexibility index (Phi) is 5.67. The van der Waals surface area contributed by atoms with Crippen LogP contribution in [0.2, 0.25) is 0 Å². The van der Waals surface area contributed by atoms with E-state index in [-0.39, 0.29) is 18.2 Å². The molecule has 0 saturated carbocycles. The fourth-order valence-electron chi connectivity index (χ4n) is 3.81. The molecule has 0 spiro atoms. The molecule has 0 aromatic heterocycles. The van der Waals surface area contributed by atoms with Crippen LogP contribution in [0.1, 0.15) is 29.3 Å². The summed E-state index contributed by atoms with van der Waals surface area (Å²) in [5.74, 6) is -0.627. The van der Waals surface area contributed by atoms with Crippen molar-refractivity contribution < 1.29 is 14.4 Å². The van der Waals surface area contributed by atoms with Gasteiger partial charge in [0.15, 0.2) is 5.78 Å². The van der Waals surface area contributed by atoms with Crippen molar-refractivity contribution in [3.05, 3.63) is 96.1 Å². The molecular formula is C26H24N2O3. The first kappa shape index (κ1) is 20.5. The summed E-state index contributed by atoms with van der Waals surface area (Å²) in [4.78, 5) is 39.2. The number of nitrogens with zero attached hydrogens (tertiary/aromatic N) is 1. The molecule has 3 aromatic rings. The Hall–Kier alpha value is -3.73. The van der Waals surface area contributed by atoms with Crippen LogP contribution in [0.5, 0.6) is 0 Å². The number of nitrogens with one attached hydrogen (secondary N) is 1. The Balaban J connectivity index is 1.42. The van der Waals surface area contributed by atoms with Gasteiger partial charge in [-0.1, -0.05) is 84.9 Å². The van der Waals surface area contributed by atoms with Crippen molar-refractivity contribution in [1.82, 2.24) is 10.2 Å². The van der Waals surface area contributed by atoms with Crippen LogP contribution >= 0.6 is 0 Å². The fraction of sp³-hybridized carbons (Fsp3) is 0.192. The molecule has 1 N–H and O–H groups in total. The summed E-state index contributed by atoms with van der Waals surface area (Å²) < 4.78 is 0. The highest BCUT2D eigenvalue weighted by Crippen LogP contribution is 2.24. The van der Waals surface area contributed by atoms with E-state index >= 15 is 0 Å². The third-order valence-electron chi connectivity index (χ3n) is 5.72. The van der Waals surface area contributed by atoms with Gasteiger partial charge in [0.2, 0.25) is 0 Å².